The molecule has 100 valence electrons. The highest BCUT2D eigenvalue weighted by molar-refractivity contribution is 5.82. The first-order valence-electron chi connectivity index (χ1n) is 5.32. The SMILES string of the molecule is CCN(CC(C)(C)O)C(=O)N[C@@H](CO)C(=O)O. The smallest absolute Gasteiger partial charge is 0.328 e. The Morgan fingerprint density at radius 1 is 1.41 bits per heavy atom. The standard InChI is InChI=1S/C10H20N2O5/c1-4-12(6-10(2,3)17)9(16)11-7(5-13)8(14)15/h7,13,17H,4-6H2,1-3H3,(H,11,16)(H,14,15)/t7-/m0/s1. The first kappa shape index (κ1) is 15.7. The predicted octanol–water partition coefficient (Wildman–Crippen LogP) is -0.766. The molecule has 17 heavy (non-hydrogen) atoms. The predicted molar refractivity (Wildman–Crippen MR) is 60.6 cm³/mol. The third-order valence-corrected chi connectivity index (χ3v) is 2.03. The van der Waals surface area contributed by atoms with Gasteiger partial charge in [0.25, 0.3) is 0 Å². The van der Waals surface area contributed by atoms with E-state index in [4.69, 9.17) is 10.2 Å². The van der Waals surface area contributed by atoms with Crippen LogP contribution in [0, 0.1) is 0 Å². The fourth-order valence-electron chi connectivity index (χ4n) is 1.22. The molecule has 0 heterocycles. The summed E-state index contributed by atoms with van der Waals surface area (Å²) < 4.78 is 0. The van der Waals surface area contributed by atoms with E-state index in [1.54, 1.807) is 20.8 Å². The number of nitrogens with zero attached hydrogens (tertiary/aromatic N) is 1. The van der Waals surface area contributed by atoms with Crippen LogP contribution in [-0.2, 0) is 4.79 Å². The zero-order valence-electron chi connectivity index (χ0n) is 10.3. The summed E-state index contributed by atoms with van der Waals surface area (Å²) in [6.07, 6.45) is 0. The number of aliphatic hydroxyl groups is 2. The fourth-order valence-corrected chi connectivity index (χ4v) is 1.22. The molecule has 0 aliphatic rings. The molecule has 0 spiro atoms. The Hall–Kier alpha value is -1.34. The quantitative estimate of drug-likeness (QED) is 0.493. The molecule has 0 aromatic rings. The van der Waals surface area contributed by atoms with Gasteiger partial charge in [-0.1, -0.05) is 0 Å². The van der Waals surface area contributed by atoms with E-state index < -0.39 is 30.3 Å². The van der Waals surface area contributed by atoms with E-state index in [-0.39, 0.29) is 6.54 Å². The number of rotatable bonds is 6. The normalized spacial score (nSPS) is 13.0. The monoisotopic (exact) mass is 248 g/mol. The molecule has 0 aliphatic heterocycles. The molecule has 0 aliphatic carbocycles. The number of carbonyl (C=O) groups is 2. The Bertz CT molecular complexity index is 274. The van der Waals surface area contributed by atoms with Gasteiger partial charge in [0.15, 0.2) is 6.04 Å². The van der Waals surface area contributed by atoms with Gasteiger partial charge in [0, 0.05) is 6.54 Å². The van der Waals surface area contributed by atoms with Crippen molar-refractivity contribution in [2.24, 2.45) is 0 Å². The van der Waals surface area contributed by atoms with Crippen LogP contribution in [0.4, 0.5) is 4.79 Å². The Kier molecular flexibility index (Phi) is 5.90. The van der Waals surface area contributed by atoms with Crippen molar-refractivity contribution in [3.63, 3.8) is 0 Å². The lowest BCUT2D eigenvalue weighted by atomic mass is 10.1. The van der Waals surface area contributed by atoms with Gasteiger partial charge >= 0.3 is 12.0 Å². The summed E-state index contributed by atoms with van der Waals surface area (Å²) >= 11 is 0. The molecule has 0 saturated heterocycles. The fraction of sp³-hybridized carbons (Fsp3) is 0.800. The van der Waals surface area contributed by atoms with E-state index in [1.165, 1.54) is 4.90 Å². The Morgan fingerprint density at radius 2 is 1.94 bits per heavy atom. The summed E-state index contributed by atoms with van der Waals surface area (Å²) in [5, 5.41) is 29.2. The number of hydrogen-bond donors (Lipinski definition) is 4. The molecule has 1 atom stereocenters. The third-order valence-electron chi connectivity index (χ3n) is 2.03. The van der Waals surface area contributed by atoms with Crippen LogP contribution < -0.4 is 5.32 Å². The van der Waals surface area contributed by atoms with Crippen LogP contribution in [0.25, 0.3) is 0 Å². The zero-order valence-corrected chi connectivity index (χ0v) is 10.3. The second kappa shape index (κ2) is 6.41. The summed E-state index contributed by atoms with van der Waals surface area (Å²) in [6, 6.07) is -1.96. The average Bonchev–Trinajstić information content (AvgIpc) is 2.20. The number of carboxylic acids is 1. The van der Waals surface area contributed by atoms with Gasteiger partial charge in [-0.25, -0.2) is 9.59 Å². The van der Waals surface area contributed by atoms with Crippen molar-refractivity contribution in [1.29, 1.82) is 0 Å². The first-order chi connectivity index (χ1) is 7.71. The van der Waals surface area contributed by atoms with Gasteiger partial charge in [0.1, 0.15) is 0 Å². The largest absolute Gasteiger partial charge is 0.480 e. The summed E-state index contributed by atoms with van der Waals surface area (Å²) in [4.78, 5) is 23.5. The Balaban J connectivity index is 4.50. The minimum atomic E-state index is -1.33. The molecule has 0 aromatic heterocycles. The molecule has 0 fully saturated rings. The molecule has 0 unspecified atom stereocenters. The summed E-state index contributed by atoms with van der Waals surface area (Å²) in [5.74, 6) is -1.31. The lowest BCUT2D eigenvalue weighted by Gasteiger charge is -2.29. The van der Waals surface area contributed by atoms with Crippen molar-refractivity contribution < 1.29 is 24.9 Å². The molecule has 0 radical (unpaired) electrons. The molecule has 0 saturated carbocycles. The highest BCUT2D eigenvalue weighted by Gasteiger charge is 2.25. The van der Waals surface area contributed by atoms with Crippen molar-refractivity contribution in [2.45, 2.75) is 32.4 Å². The van der Waals surface area contributed by atoms with E-state index in [9.17, 15) is 14.7 Å². The van der Waals surface area contributed by atoms with Crippen LogP contribution in [0.3, 0.4) is 0 Å². The number of likely N-dealkylation sites (N-methyl/N-ethyl adjacent to an activating group) is 1. The minimum Gasteiger partial charge on any atom is -0.480 e. The zero-order chi connectivity index (χ0) is 13.6. The van der Waals surface area contributed by atoms with Crippen LogP contribution in [-0.4, -0.2) is 63.6 Å². The van der Waals surface area contributed by atoms with Gasteiger partial charge in [-0.15, -0.1) is 0 Å². The van der Waals surface area contributed by atoms with E-state index in [0.29, 0.717) is 6.54 Å². The molecule has 7 heteroatoms. The molecule has 0 rings (SSSR count). The highest BCUT2D eigenvalue weighted by Crippen LogP contribution is 2.05. The number of aliphatic hydroxyl groups excluding tert-OH is 1. The lowest BCUT2D eigenvalue weighted by molar-refractivity contribution is -0.140. The number of urea groups is 1. The molecule has 4 N–H and O–H groups in total. The Morgan fingerprint density at radius 3 is 2.24 bits per heavy atom. The van der Waals surface area contributed by atoms with Crippen molar-refractivity contribution in [1.82, 2.24) is 10.2 Å². The van der Waals surface area contributed by atoms with Crippen LogP contribution >= 0.6 is 0 Å². The number of amides is 2. The van der Waals surface area contributed by atoms with Crippen molar-refractivity contribution in [3.8, 4) is 0 Å². The lowest BCUT2D eigenvalue weighted by Crippen LogP contribution is -2.52. The summed E-state index contributed by atoms with van der Waals surface area (Å²) in [5.41, 5.74) is -1.06. The highest BCUT2D eigenvalue weighted by atomic mass is 16.4. The van der Waals surface area contributed by atoms with Crippen molar-refractivity contribution in [2.75, 3.05) is 19.7 Å². The molecule has 7 nitrogen and oxygen atoms in total. The van der Waals surface area contributed by atoms with E-state index in [1.807, 2.05) is 0 Å². The van der Waals surface area contributed by atoms with E-state index in [0.717, 1.165) is 0 Å². The van der Waals surface area contributed by atoms with Crippen molar-refractivity contribution in [3.05, 3.63) is 0 Å². The van der Waals surface area contributed by atoms with Crippen LogP contribution in [0.2, 0.25) is 0 Å². The van der Waals surface area contributed by atoms with Gasteiger partial charge in [-0.3, -0.25) is 0 Å². The van der Waals surface area contributed by atoms with Crippen LogP contribution in [0.1, 0.15) is 20.8 Å². The van der Waals surface area contributed by atoms with E-state index >= 15 is 0 Å². The topological polar surface area (TPSA) is 110 Å². The number of carbonyl (C=O) groups excluding carboxylic acids is 1. The third kappa shape index (κ3) is 6.08. The van der Waals surface area contributed by atoms with Crippen LogP contribution in [0.15, 0.2) is 0 Å². The molecular weight excluding hydrogens is 228 g/mol. The number of nitrogens with one attached hydrogen (secondary N) is 1. The molecule has 2 amide bonds. The van der Waals surface area contributed by atoms with E-state index in [2.05, 4.69) is 5.32 Å². The molecule has 0 aromatic carbocycles. The summed E-state index contributed by atoms with van der Waals surface area (Å²) in [7, 11) is 0. The second-order valence-electron chi connectivity index (χ2n) is 4.35. The first-order valence-corrected chi connectivity index (χ1v) is 5.32. The number of carboxylic acid groups (broad SMARTS) is 1. The maximum Gasteiger partial charge on any atom is 0.328 e. The molecular formula is C10H20N2O5. The maximum absolute atomic E-state index is 11.7. The number of hydrogen-bond acceptors (Lipinski definition) is 4. The van der Waals surface area contributed by atoms with Gasteiger partial charge in [-0.2, -0.15) is 0 Å². The average molecular weight is 248 g/mol. The van der Waals surface area contributed by atoms with Gasteiger partial charge in [0.05, 0.1) is 18.8 Å². The Labute approximate surface area is 100 Å². The molecule has 0 bridgehead atoms. The van der Waals surface area contributed by atoms with Crippen molar-refractivity contribution >= 4 is 12.0 Å². The van der Waals surface area contributed by atoms with Gasteiger partial charge in [0.2, 0.25) is 0 Å². The maximum atomic E-state index is 11.7. The minimum absolute atomic E-state index is 0.0765. The van der Waals surface area contributed by atoms with Gasteiger partial charge in [-0.05, 0) is 20.8 Å². The summed E-state index contributed by atoms with van der Waals surface area (Å²) in [6.45, 7) is 4.52. The number of aliphatic carboxylic acids is 1. The van der Waals surface area contributed by atoms with Crippen LogP contribution in [0.5, 0.6) is 0 Å². The second-order valence-corrected chi connectivity index (χ2v) is 4.35. The van der Waals surface area contributed by atoms with Gasteiger partial charge < -0.3 is 25.5 Å².